The number of carbonyl (C=O) groups is 2. The first kappa shape index (κ1) is 15.1. The summed E-state index contributed by atoms with van der Waals surface area (Å²) in [6.45, 7) is 2.28. The van der Waals surface area contributed by atoms with Gasteiger partial charge in [-0.25, -0.2) is 4.39 Å². The molecule has 7 heteroatoms. The van der Waals surface area contributed by atoms with Crippen LogP contribution in [0.25, 0.3) is 0 Å². The van der Waals surface area contributed by atoms with E-state index in [9.17, 15) is 24.1 Å². The number of carbonyl (C=O) groups excluding carboxylic acids is 2. The first-order valence-corrected chi connectivity index (χ1v) is 6.70. The molecule has 0 spiro atoms. The van der Waals surface area contributed by atoms with Crippen LogP contribution in [0.3, 0.4) is 0 Å². The quantitative estimate of drug-likeness (QED) is 0.632. The van der Waals surface area contributed by atoms with Crippen molar-refractivity contribution in [1.82, 2.24) is 4.90 Å². The monoisotopic (exact) mass is 294 g/mol. The molecule has 1 saturated heterocycles. The summed E-state index contributed by atoms with van der Waals surface area (Å²) in [7, 11) is 0. The van der Waals surface area contributed by atoms with E-state index in [1.54, 1.807) is 0 Å². The zero-order chi connectivity index (χ0) is 15.6. The molecule has 0 saturated carbocycles. The maximum absolute atomic E-state index is 13.3. The largest absolute Gasteiger partial charge is 0.337 e. The van der Waals surface area contributed by atoms with Crippen LogP contribution in [-0.4, -0.2) is 34.6 Å². The van der Waals surface area contributed by atoms with E-state index >= 15 is 0 Å². The minimum atomic E-state index is -0.709. The number of benzene rings is 1. The lowest BCUT2D eigenvalue weighted by molar-refractivity contribution is -0.385. The minimum absolute atomic E-state index is 0.0929. The number of nitrogens with zero attached hydrogens (tertiary/aromatic N) is 2. The van der Waals surface area contributed by atoms with Crippen molar-refractivity contribution in [1.29, 1.82) is 0 Å². The Morgan fingerprint density at radius 1 is 1.52 bits per heavy atom. The summed E-state index contributed by atoms with van der Waals surface area (Å²) in [6.07, 6.45) is 0.835. The Labute approximate surface area is 120 Å². The standard InChI is InChI=1S/C14H15FN2O4/c1-2-9-8-16(6-5-13(9)18)14(19)11-7-10(15)3-4-12(11)17(20)21/h3-4,7,9H,2,5-6,8H2,1H3. The molecule has 21 heavy (non-hydrogen) atoms. The zero-order valence-corrected chi connectivity index (χ0v) is 11.5. The maximum atomic E-state index is 13.3. The highest BCUT2D eigenvalue weighted by atomic mass is 19.1. The van der Waals surface area contributed by atoms with Gasteiger partial charge in [0, 0.05) is 31.5 Å². The zero-order valence-electron chi connectivity index (χ0n) is 11.5. The number of Topliss-reactive ketones (excluding diaryl/α,β-unsaturated/α-hetero) is 1. The van der Waals surface area contributed by atoms with Gasteiger partial charge in [-0.1, -0.05) is 6.92 Å². The predicted molar refractivity (Wildman–Crippen MR) is 72.4 cm³/mol. The lowest BCUT2D eigenvalue weighted by Gasteiger charge is -2.31. The van der Waals surface area contributed by atoms with Crippen LogP contribution < -0.4 is 0 Å². The Hall–Kier alpha value is -2.31. The normalized spacial score (nSPS) is 18.7. The van der Waals surface area contributed by atoms with E-state index in [2.05, 4.69) is 0 Å². The molecule has 1 aliphatic rings. The molecule has 1 heterocycles. The number of rotatable bonds is 3. The van der Waals surface area contributed by atoms with Gasteiger partial charge in [0.05, 0.1) is 4.92 Å². The number of amides is 1. The van der Waals surface area contributed by atoms with E-state index < -0.39 is 22.3 Å². The van der Waals surface area contributed by atoms with Crippen LogP contribution in [0, 0.1) is 21.8 Å². The second-order valence-corrected chi connectivity index (χ2v) is 4.99. The van der Waals surface area contributed by atoms with Crippen LogP contribution in [0.5, 0.6) is 0 Å². The van der Waals surface area contributed by atoms with Crippen molar-refractivity contribution in [2.75, 3.05) is 13.1 Å². The summed E-state index contributed by atoms with van der Waals surface area (Å²) in [6, 6.07) is 2.80. The van der Waals surface area contributed by atoms with E-state index in [4.69, 9.17) is 0 Å². The molecule has 1 aromatic carbocycles. The molecule has 0 radical (unpaired) electrons. The fraction of sp³-hybridized carbons (Fsp3) is 0.429. The molecule has 1 unspecified atom stereocenters. The van der Waals surface area contributed by atoms with Crippen molar-refractivity contribution in [2.24, 2.45) is 5.92 Å². The van der Waals surface area contributed by atoms with Gasteiger partial charge in [0.25, 0.3) is 11.6 Å². The van der Waals surface area contributed by atoms with Crippen molar-refractivity contribution in [2.45, 2.75) is 19.8 Å². The third-order valence-electron chi connectivity index (χ3n) is 3.69. The molecule has 1 aromatic rings. The fourth-order valence-electron chi connectivity index (χ4n) is 2.46. The number of hydrogen-bond donors (Lipinski definition) is 0. The molecule has 0 N–H and O–H groups in total. The Kier molecular flexibility index (Phi) is 4.30. The van der Waals surface area contributed by atoms with E-state index in [-0.39, 0.29) is 36.8 Å². The summed E-state index contributed by atoms with van der Waals surface area (Å²) < 4.78 is 13.3. The van der Waals surface area contributed by atoms with Gasteiger partial charge >= 0.3 is 0 Å². The predicted octanol–water partition coefficient (Wildman–Crippen LogP) is 2.18. The van der Waals surface area contributed by atoms with Crippen molar-refractivity contribution >= 4 is 17.4 Å². The molecule has 1 amide bonds. The van der Waals surface area contributed by atoms with Crippen LogP contribution in [0.2, 0.25) is 0 Å². The number of halogens is 1. The maximum Gasteiger partial charge on any atom is 0.282 e. The molecule has 1 fully saturated rings. The third-order valence-corrected chi connectivity index (χ3v) is 3.69. The Balaban J connectivity index is 2.30. The molecule has 6 nitrogen and oxygen atoms in total. The summed E-state index contributed by atoms with van der Waals surface area (Å²) in [5.74, 6) is -1.47. The number of hydrogen-bond acceptors (Lipinski definition) is 4. The van der Waals surface area contributed by atoms with E-state index in [1.807, 2.05) is 6.92 Å². The highest BCUT2D eigenvalue weighted by molar-refractivity contribution is 5.99. The van der Waals surface area contributed by atoms with Gasteiger partial charge in [0.2, 0.25) is 0 Å². The molecular weight excluding hydrogens is 279 g/mol. The van der Waals surface area contributed by atoms with E-state index in [1.165, 1.54) is 4.90 Å². The topological polar surface area (TPSA) is 80.5 Å². The van der Waals surface area contributed by atoms with E-state index in [0.29, 0.717) is 6.42 Å². The summed E-state index contributed by atoms with van der Waals surface area (Å²) in [5.41, 5.74) is -0.699. The van der Waals surface area contributed by atoms with Crippen LogP contribution in [-0.2, 0) is 4.79 Å². The lowest BCUT2D eigenvalue weighted by Crippen LogP contribution is -2.44. The number of nitro groups is 1. The first-order valence-electron chi connectivity index (χ1n) is 6.70. The van der Waals surface area contributed by atoms with Crippen LogP contribution in [0.4, 0.5) is 10.1 Å². The number of likely N-dealkylation sites (tertiary alicyclic amines) is 1. The lowest BCUT2D eigenvalue weighted by atomic mass is 9.93. The first-order chi connectivity index (χ1) is 9.93. The van der Waals surface area contributed by atoms with Crippen molar-refractivity contribution in [3.63, 3.8) is 0 Å². The van der Waals surface area contributed by atoms with Gasteiger partial charge in [-0.2, -0.15) is 0 Å². The number of nitro benzene ring substituents is 1. The van der Waals surface area contributed by atoms with Gasteiger partial charge in [-0.05, 0) is 18.6 Å². The SMILES string of the molecule is CCC1CN(C(=O)c2cc(F)ccc2[N+](=O)[O-])CCC1=O. The van der Waals surface area contributed by atoms with Crippen molar-refractivity contribution in [3.05, 3.63) is 39.7 Å². The van der Waals surface area contributed by atoms with Gasteiger partial charge < -0.3 is 4.90 Å². The molecular formula is C14H15FN2O4. The highest BCUT2D eigenvalue weighted by Gasteiger charge is 2.32. The van der Waals surface area contributed by atoms with Gasteiger partial charge in [-0.15, -0.1) is 0 Å². The fourth-order valence-corrected chi connectivity index (χ4v) is 2.46. The second kappa shape index (κ2) is 5.99. The molecule has 2 rings (SSSR count). The van der Waals surface area contributed by atoms with Crippen LogP contribution >= 0.6 is 0 Å². The molecule has 1 aliphatic heterocycles. The van der Waals surface area contributed by atoms with Crippen molar-refractivity contribution < 1.29 is 18.9 Å². The molecule has 1 atom stereocenters. The Bertz CT molecular complexity index is 603. The minimum Gasteiger partial charge on any atom is -0.337 e. The van der Waals surface area contributed by atoms with Gasteiger partial charge in [0.15, 0.2) is 0 Å². The van der Waals surface area contributed by atoms with Gasteiger partial charge in [0.1, 0.15) is 17.2 Å². The molecule has 0 aliphatic carbocycles. The van der Waals surface area contributed by atoms with Crippen LogP contribution in [0.1, 0.15) is 30.1 Å². The van der Waals surface area contributed by atoms with Crippen LogP contribution in [0.15, 0.2) is 18.2 Å². The van der Waals surface area contributed by atoms with E-state index in [0.717, 1.165) is 18.2 Å². The van der Waals surface area contributed by atoms with Gasteiger partial charge in [-0.3, -0.25) is 19.7 Å². The van der Waals surface area contributed by atoms with Crippen molar-refractivity contribution in [3.8, 4) is 0 Å². The molecule has 112 valence electrons. The average Bonchev–Trinajstić information content (AvgIpc) is 2.46. The Morgan fingerprint density at radius 2 is 2.24 bits per heavy atom. The molecule has 0 bridgehead atoms. The summed E-state index contributed by atoms with van der Waals surface area (Å²) >= 11 is 0. The summed E-state index contributed by atoms with van der Waals surface area (Å²) in [5, 5.41) is 11.0. The number of ketones is 1. The molecule has 0 aromatic heterocycles. The average molecular weight is 294 g/mol. The second-order valence-electron chi connectivity index (χ2n) is 4.99. The number of piperidine rings is 1. The highest BCUT2D eigenvalue weighted by Crippen LogP contribution is 2.24. The summed E-state index contributed by atoms with van der Waals surface area (Å²) in [4.78, 5) is 35.7. The third kappa shape index (κ3) is 3.07. The smallest absolute Gasteiger partial charge is 0.282 e. The Morgan fingerprint density at radius 3 is 2.86 bits per heavy atom.